The second kappa shape index (κ2) is 5.24. The van der Waals surface area contributed by atoms with Crippen molar-refractivity contribution in [3.8, 4) is 0 Å². The fraction of sp³-hybridized carbons (Fsp3) is 0.133. The number of rotatable bonds is 3. The number of H-pyrrole nitrogens is 1. The zero-order valence-corrected chi connectivity index (χ0v) is 11.5. The van der Waals surface area contributed by atoms with E-state index in [2.05, 4.69) is 15.3 Å². The molecule has 2 heterocycles. The lowest BCUT2D eigenvalue weighted by molar-refractivity contribution is 0.720. The summed E-state index contributed by atoms with van der Waals surface area (Å²) in [5.41, 5.74) is 0.934. The van der Waals surface area contributed by atoms with Crippen molar-refractivity contribution in [1.82, 2.24) is 14.5 Å². The summed E-state index contributed by atoms with van der Waals surface area (Å²) in [4.78, 5) is 29.7. The van der Waals surface area contributed by atoms with E-state index in [0.29, 0.717) is 12.4 Å². The lowest BCUT2D eigenvalue weighted by atomic mass is 10.1. The zero-order chi connectivity index (χ0) is 14.8. The smallest absolute Gasteiger partial charge is 0.328 e. The lowest BCUT2D eigenvalue weighted by Gasteiger charge is -2.11. The molecule has 0 spiro atoms. The number of hydrogen-bond acceptors (Lipinski definition) is 4. The normalized spacial score (nSPS) is 10.7. The van der Waals surface area contributed by atoms with Crippen LogP contribution >= 0.6 is 0 Å². The number of para-hydroxylation sites is 1. The molecule has 0 radical (unpaired) electrons. The Morgan fingerprint density at radius 1 is 1.24 bits per heavy atom. The first-order chi connectivity index (χ1) is 10.2. The predicted octanol–water partition coefficient (Wildman–Crippen LogP) is 1.17. The van der Waals surface area contributed by atoms with E-state index in [1.54, 1.807) is 7.05 Å². The van der Waals surface area contributed by atoms with Gasteiger partial charge in [0.2, 0.25) is 0 Å². The number of nitrogens with one attached hydrogen (secondary N) is 2. The standard InChI is InChI=1S/C15H14N4O2/c1-16-14-11(8-10-4-2-3-5-12(10)17-14)9-19-7-6-13(20)18-15(19)21/h2-8H,9H2,1H3,(H,16,17)(H,18,20,21). The van der Waals surface area contributed by atoms with Gasteiger partial charge in [-0.1, -0.05) is 18.2 Å². The molecule has 2 N–H and O–H groups in total. The maximum atomic E-state index is 11.8. The third kappa shape index (κ3) is 2.55. The minimum absolute atomic E-state index is 0.337. The summed E-state index contributed by atoms with van der Waals surface area (Å²) in [5.74, 6) is 0.715. The van der Waals surface area contributed by atoms with Crippen LogP contribution in [0.1, 0.15) is 5.56 Å². The van der Waals surface area contributed by atoms with Crippen LogP contribution in [-0.2, 0) is 6.54 Å². The summed E-state index contributed by atoms with van der Waals surface area (Å²) in [5, 5.41) is 4.04. The molecule has 0 aliphatic carbocycles. The molecule has 3 rings (SSSR count). The van der Waals surface area contributed by atoms with Crippen LogP contribution in [-0.4, -0.2) is 21.6 Å². The lowest BCUT2D eigenvalue weighted by Crippen LogP contribution is -2.29. The summed E-state index contributed by atoms with van der Waals surface area (Å²) in [6.07, 6.45) is 1.48. The highest BCUT2D eigenvalue weighted by atomic mass is 16.2. The van der Waals surface area contributed by atoms with Gasteiger partial charge in [0.05, 0.1) is 12.1 Å². The van der Waals surface area contributed by atoms with Gasteiger partial charge in [-0.05, 0) is 12.1 Å². The van der Waals surface area contributed by atoms with Crippen LogP contribution < -0.4 is 16.6 Å². The first kappa shape index (κ1) is 13.1. The van der Waals surface area contributed by atoms with E-state index < -0.39 is 11.2 Å². The number of benzene rings is 1. The second-order valence-electron chi connectivity index (χ2n) is 4.68. The summed E-state index contributed by atoms with van der Waals surface area (Å²) in [6, 6.07) is 11.1. The Morgan fingerprint density at radius 2 is 2.05 bits per heavy atom. The van der Waals surface area contributed by atoms with Crippen molar-refractivity contribution in [2.45, 2.75) is 6.54 Å². The molecule has 1 aromatic carbocycles. The van der Waals surface area contributed by atoms with Gasteiger partial charge in [-0.25, -0.2) is 9.78 Å². The van der Waals surface area contributed by atoms with E-state index in [1.165, 1.54) is 16.8 Å². The predicted molar refractivity (Wildman–Crippen MR) is 81.7 cm³/mol. The van der Waals surface area contributed by atoms with Crippen molar-refractivity contribution in [3.63, 3.8) is 0 Å². The summed E-state index contributed by atoms with van der Waals surface area (Å²) in [7, 11) is 1.79. The molecule has 0 saturated heterocycles. The van der Waals surface area contributed by atoms with Gasteiger partial charge < -0.3 is 5.32 Å². The van der Waals surface area contributed by atoms with Gasteiger partial charge in [0.15, 0.2) is 0 Å². The minimum Gasteiger partial charge on any atom is -0.373 e. The average Bonchev–Trinajstić information content (AvgIpc) is 2.49. The fourth-order valence-electron chi connectivity index (χ4n) is 2.25. The Bertz CT molecular complexity index is 911. The Morgan fingerprint density at radius 3 is 2.81 bits per heavy atom. The van der Waals surface area contributed by atoms with Gasteiger partial charge in [0.1, 0.15) is 5.82 Å². The van der Waals surface area contributed by atoms with Crippen LogP contribution in [0.5, 0.6) is 0 Å². The molecule has 0 aliphatic rings. The maximum absolute atomic E-state index is 11.8. The highest BCUT2D eigenvalue weighted by Crippen LogP contribution is 2.20. The molecule has 2 aromatic heterocycles. The molecule has 106 valence electrons. The zero-order valence-electron chi connectivity index (χ0n) is 11.5. The Hall–Kier alpha value is -2.89. The number of hydrogen-bond donors (Lipinski definition) is 2. The van der Waals surface area contributed by atoms with E-state index in [9.17, 15) is 9.59 Å². The van der Waals surface area contributed by atoms with Crippen molar-refractivity contribution in [1.29, 1.82) is 0 Å². The maximum Gasteiger partial charge on any atom is 0.328 e. The molecular formula is C15H14N4O2. The number of aromatic nitrogens is 3. The molecule has 6 nitrogen and oxygen atoms in total. The number of nitrogens with zero attached hydrogens (tertiary/aromatic N) is 2. The molecule has 6 heteroatoms. The van der Waals surface area contributed by atoms with Crippen LogP contribution in [0.2, 0.25) is 0 Å². The van der Waals surface area contributed by atoms with Gasteiger partial charge in [-0.3, -0.25) is 14.3 Å². The van der Waals surface area contributed by atoms with Gasteiger partial charge in [-0.2, -0.15) is 0 Å². The number of fused-ring (bicyclic) bond motifs is 1. The van der Waals surface area contributed by atoms with Gasteiger partial charge >= 0.3 is 5.69 Å². The van der Waals surface area contributed by atoms with Crippen molar-refractivity contribution < 1.29 is 0 Å². The number of anilines is 1. The van der Waals surface area contributed by atoms with Crippen LogP contribution in [0.3, 0.4) is 0 Å². The first-order valence-corrected chi connectivity index (χ1v) is 6.53. The molecule has 21 heavy (non-hydrogen) atoms. The molecular weight excluding hydrogens is 268 g/mol. The minimum atomic E-state index is -0.433. The summed E-state index contributed by atoms with van der Waals surface area (Å²) in [6.45, 7) is 0.337. The molecule has 0 atom stereocenters. The van der Waals surface area contributed by atoms with Gasteiger partial charge in [0.25, 0.3) is 5.56 Å². The molecule has 0 fully saturated rings. The quantitative estimate of drug-likeness (QED) is 0.756. The monoisotopic (exact) mass is 282 g/mol. The van der Waals surface area contributed by atoms with Gasteiger partial charge in [-0.15, -0.1) is 0 Å². The summed E-state index contributed by atoms with van der Waals surface area (Å²) >= 11 is 0. The largest absolute Gasteiger partial charge is 0.373 e. The van der Waals surface area contributed by atoms with E-state index in [-0.39, 0.29) is 0 Å². The van der Waals surface area contributed by atoms with E-state index in [1.807, 2.05) is 30.3 Å². The second-order valence-corrected chi connectivity index (χ2v) is 4.68. The molecule has 3 aromatic rings. The SMILES string of the molecule is CNc1nc2ccccc2cc1Cn1ccc(=O)[nH]c1=O. The van der Waals surface area contributed by atoms with Crippen LogP contribution in [0, 0.1) is 0 Å². The Kier molecular flexibility index (Phi) is 3.27. The highest BCUT2D eigenvalue weighted by molar-refractivity contribution is 5.81. The van der Waals surface area contributed by atoms with E-state index >= 15 is 0 Å². The highest BCUT2D eigenvalue weighted by Gasteiger charge is 2.07. The topological polar surface area (TPSA) is 79.8 Å². The summed E-state index contributed by atoms with van der Waals surface area (Å²) < 4.78 is 1.44. The van der Waals surface area contributed by atoms with Crippen molar-refractivity contribution in [2.75, 3.05) is 12.4 Å². The fourth-order valence-corrected chi connectivity index (χ4v) is 2.25. The molecule has 0 saturated carbocycles. The van der Waals surface area contributed by atoms with Gasteiger partial charge in [0, 0.05) is 30.3 Å². The van der Waals surface area contributed by atoms with Crippen LogP contribution in [0.4, 0.5) is 5.82 Å². The van der Waals surface area contributed by atoms with Crippen molar-refractivity contribution in [2.24, 2.45) is 0 Å². The van der Waals surface area contributed by atoms with Crippen molar-refractivity contribution >= 4 is 16.7 Å². The molecule has 0 aliphatic heterocycles. The molecule has 0 unspecified atom stereocenters. The first-order valence-electron chi connectivity index (χ1n) is 6.53. The van der Waals surface area contributed by atoms with Crippen LogP contribution in [0.25, 0.3) is 10.9 Å². The van der Waals surface area contributed by atoms with Crippen molar-refractivity contribution in [3.05, 3.63) is 69.0 Å². The third-order valence-corrected chi connectivity index (χ3v) is 3.28. The number of aromatic amines is 1. The third-order valence-electron chi connectivity index (χ3n) is 3.28. The molecule has 0 bridgehead atoms. The van der Waals surface area contributed by atoms with E-state index in [0.717, 1.165) is 16.5 Å². The number of pyridine rings is 1. The average molecular weight is 282 g/mol. The van der Waals surface area contributed by atoms with Crippen LogP contribution in [0.15, 0.2) is 52.2 Å². The Labute approximate surface area is 120 Å². The Balaban J connectivity index is 2.10. The molecule has 0 amide bonds. The van der Waals surface area contributed by atoms with E-state index in [4.69, 9.17) is 0 Å².